The predicted molar refractivity (Wildman–Crippen MR) is 87.7 cm³/mol. The molecule has 1 aromatic rings. The molecule has 0 saturated heterocycles. The monoisotopic (exact) mass is 311 g/mol. The van der Waals surface area contributed by atoms with Crippen molar-refractivity contribution in [1.82, 2.24) is 5.32 Å². The van der Waals surface area contributed by atoms with Gasteiger partial charge in [0.1, 0.15) is 0 Å². The van der Waals surface area contributed by atoms with Crippen molar-refractivity contribution in [3.05, 3.63) is 34.9 Å². The maximum absolute atomic E-state index is 11.7. The zero-order valence-corrected chi connectivity index (χ0v) is 13.8. The van der Waals surface area contributed by atoms with Crippen LogP contribution in [0.25, 0.3) is 0 Å². The fourth-order valence-corrected chi connectivity index (χ4v) is 2.23. The summed E-state index contributed by atoms with van der Waals surface area (Å²) in [7, 11) is 0. The Bertz CT molecular complexity index is 406. The van der Waals surface area contributed by atoms with Crippen LogP contribution in [0.15, 0.2) is 24.3 Å². The van der Waals surface area contributed by atoms with E-state index < -0.39 is 0 Å². The van der Waals surface area contributed by atoms with E-state index in [1.165, 1.54) is 25.7 Å². The van der Waals surface area contributed by atoms with E-state index in [1.54, 1.807) is 0 Å². The van der Waals surface area contributed by atoms with E-state index in [4.69, 9.17) is 16.3 Å². The average molecular weight is 312 g/mol. The molecule has 1 atom stereocenters. The van der Waals surface area contributed by atoms with Gasteiger partial charge in [0.15, 0.2) is 0 Å². The molecule has 118 valence electrons. The standard InChI is InChI=1S/C17H26ClNO2/c1-3-4-5-6-7-8-13-21-17(20)19-14(2)15-9-11-16(18)12-10-15/h9-12,14H,3-8,13H2,1-2H3,(H,19,20)/t14-/m1/s1. The van der Waals surface area contributed by atoms with Gasteiger partial charge in [-0.25, -0.2) is 4.79 Å². The Hall–Kier alpha value is -1.22. The number of ether oxygens (including phenoxy) is 1. The van der Waals surface area contributed by atoms with Crippen molar-refractivity contribution in [1.29, 1.82) is 0 Å². The number of benzene rings is 1. The minimum Gasteiger partial charge on any atom is -0.450 e. The number of amides is 1. The Kier molecular flexibility index (Phi) is 8.91. The Balaban J connectivity index is 2.14. The van der Waals surface area contributed by atoms with E-state index in [9.17, 15) is 4.79 Å². The van der Waals surface area contributed by atoms with Crippen molar-refractivity contribution in [2.75, 3.05) is 6.61 Å². The normalized spacial score (nSPS) is 12.0. The van der Waals surface area contributed by atoms with Crippen LogP contribution in [-0.2, 0) is 4.74 Å². The molecule has 0 spiro atoms. The van der Waals surface area contributed by atoms with Gasteiger partial charge in [-0.3, -0.25) is 0 Å². The van der Waals surface area contributed by atoms with Crippen LogP contribution < -0.4 is 5.32 Å². The van der Waals surface area contributed by atoms with Crippen molar-refractivity contribution in [3.63, 3.8) is 0 Å². The summed E-state index contributed by atoms with van der Waals surface area (Å²) >= 11 is 5.84. The van der Waals surface area contributed by atoms with Gasteiger partial charge < -0.3 is 10.1 Å². The number of unbranched alkanes of at least 4 members (excludes halogenated alkanes) is 5. The van der Waals surface area contributed by atoms with Crippen molar-refractivity contribution >= 4 is 17.7 Å². The average Bonchev–Trinajstić information content (AvgIpc) is 2.47. The highest BCUT2D eigenvalue weighted by molar-refractivity contribution is 6.30. The first-order valence-electron chi connectivity index (χ1n) is 7.82. The molecule has 0 heterocycles. The molecule has 0 bridgehead atoms. The molecule has 21 heavy (non-hydrogen) atoms. The lowest BCUT2D eigenvalue weighted by Crippen LogP contribution is -2.27. The SMILES string of the molecule is CCCCCCCCOC(=O)N[C@H](C)c1ccc(Cl)cc1. The summed E-state index contributed by atoms with van der Waals surface area (Å²) in [5.74, 6) is 0. The highest BCUT2D eigenvalue weighted by Crippen LogP contribution is 2.16. The highest BCUT2D eigenvalue weighted by Gasteiger charge is 2.09. The fourth-order valence-electron chi connectivity index (χ4n) is 2.10. The van der Waals surface area contributed by atoms with Gasteiger partial charge in [-0.1, -0.05) is 62.8 Å². The quantitative estimate of drug-likeness (QED) is 0.612. The first-order chi connectivity index (χ1) is 10.1. The van der Waals surface area contributed by atoms with Crippen molar-refractivity contribution in [2.45, 2.75) is 58.4 Å². The van der Waals surface area contributed by atoms with E-state index in [0.29, 0.717) is 11.6 Å². The van der Waals surface area contributed by atoms with Gasteiger partial charge in [-0.2, -0.15) is 0 Å². The van der Waals surface area contributed by atoms with Crippen LogP contribution in [0.4, 0.5) is 4.79 Å². The number of carbonyl (C=O) groups excluding carboxylic acids is 1. The highest BCUT2D eigenvalue weighted by atomic mass is 35.5. The van der Waals surface area contributed by atoms with Crippen molar-refractivity contribution < 1.29 is 9.53 Å². The maximum atomic E-state index is 11.7. The third-order valence-electron chi connectivity index (χ3n) is 3.44. The van der Waals surface area contributed by atoms with Gasteiger partial charge in [-0.05, 0) is 31.0 Å². The predicted octanol–water partition coefficient (Wildman–Crippen LogP) is 5.49. The molecule has 0 saturated carbocycles. The number of rotatable bonds is 9. The second-order valence-electron chi connectivity index (χ2n) is 5.32. The number of nitrogens with one attached hydrogen (secondary N) is 1. The molecule has 1 aromatic carbocycles. The van der Waals surface area contributed by atoms with Gasteiger partial charge in [-0.15, -0.1) is 0 Å². The molecule has 0 aliphatic rings. The lowest BCUT2D eigenvalue weighted by Gasteiger charge is -2.14. The third-order valence-corrected chi connectivity index (χ3v) is 3.69. The van der Waals surface area contributed by atoms with E-state index >= 15 is 0 Å². The Morgan fingerprint density at radius 2 is 1.76 bits per heavy atom. The van der Waals surface area contributed by atoms with Crippen LogP contribution >= 0.6 is 11.6 Å². The van der Waals surface area contributed by atoms with Crippen molar-refractivity contribution in [2.24, 2.45) is 0 Å². The molecule has 1 amide bonds. The summed E-state index contributed by atoms with van der Waals surface area (Å²) < 4.78 is 5.19. The smallest absolute Gasteiger partial charge is 0.407 e. The minimum atomic E-state index is -0.356. The van der Waals surface area contributed by atoms with Crippen LogP contribution in [0.2, 0.25) is 5.02 Å². The first-order valence-corrected chi connectivity index (χ1v) is 8.20. The van der Waals surface area contributed by atoms with Crippen LogP contribution in [0, 0.1) is 0 Å². The van der Waals surface area contributed by atoms with Crippen molar-refractivity contribution in [3.8, 4) is 0 Å². The molecule has 0 unspecified atom stereocenters. The summed E-state index contributed by atoms with van der Waals surface area (Å²) in [6.45, 7) is 4.62. The van der Waals surface area contributed by atoms with Gasteiger partial charge in [0.05, 0.1) is 12.6 Å². The molecule has 0 radical (unpaired) electrons. The minimum absolute atomic E-state index is 0.0840. The number of alkyl carbamates (subject to hydrolysis) is 1. The van der Waals surface area contributed by atoms with E-state index in [2.05, 4.69) is 12.2 Å². The zero-order chi connectivity index (χ0) is 15.5. The van der Waals surface area contributed by atoms with Gasteiger partial charge in [0.25, 0.3) is 0 Å². The number of hydrogen-bond donors (Lipinski definition) is 1. The number of carbonyl (C=O) groups is 1. The zero-order valence-electron chi connectivity index (χ0n) is 13.0. The summed E-state index contributed by atoms with van der Waals surface area (Å²) in [6, 6.07) is 7.36. The molecule has 0 aromatic heterocycles. The second kappa shape index (κ2) is 10.5. The third kappa shape index (κ3) is 7.96. The molecular weight excluding hydrogens is 286 g/mol. The van der Waals surface area contributed by atoms with Crippen LogP contribution in [0.5, 0.6) is 0 Å². The summed E-state index contributed by atoms with van der Waals surface area (Å²) in [6.07, 6.45) is 6.75. The maximum Gasteiger partial charge on any atom is 0.407 e. The summed E-state index contributed by atoms with van der Waals surface area (Å²) in [4.78, 5) is 11.7. The van der Waals surface area contributed by atoms with Gasteiger partial charge in [0, 0.05) is 5.02 Å². The molecule has 0 aliphatic carbocycles. The van der Waals surface area contributed by atoms with Crippen LogP contribution in [0.1, 0.15) is 64.0 Å². The van der Waals surface area contributed by atoms with Crippen LogP contribution in [0.3, 0.4) is 0 Å². The molecule has 0 fully saturated rings. The molecule has 4 heteroatoms. The Labute approximate surface area is 133 Å². The molecule has 0 aliphatic heterocycles. The fraction of sp³-hybridized carbons (Fsp3) is 0.588. The second-order valence-corrected chi connectivity index (χ2v) is 5.76. The van der Waals surface area contributed by atoms with Gasteiger partial charge in [0.2, 0.25) is 0 Å². The van der Waals surface area contributed by atoms with Crippen LogP contribution in [-0.4, -0.2) is 12.7 Å². The Morgan fingerprint density at radius 3 is 2.43 bits per heavy atom. The van der Waals surface area contributed by atoms with E-state index in [-0.39, 0.29) is 12.1 Å². The van der Waals surface area contributed by atoms with E-state index in [1.807, 2.05) is 31.2 Å². The molecular formula is C17H26ClNO2. The molecule has 1 rings (SSSR count). The summed E-state index contributed by atoms with van der Waals surface area (Å²) in [5.41, 5.74) is 1.01. The van der Waals surface area contributed by atoms with Gasteiger partial charge >= 0.3 is 6.09 Å². The Morgan fingerprint density at radius 1 is 1.14 bits per heavy atom. The lowest BCUT2D eigenvalue weighted by atomic mass is 10.1. The number of hydrogen-bond acceptors (Lipinski definition) is 2. The molecule has 3 nitrogen and oxygen atoms in total. The molecule has 1 N–H and O–H groups in total. The lowest BCUT2D eigenvalue weighted by molar-refractivity contribution is 0.140. The largest absolute Gasteiger partial charge is 0.450 e. The van der Waals surface area contributed by atoms with E-state index in [0.717, 1.165) is 18.4 Å². The first kappa shape index (κ1) is 17.8. The topological polar surface area (TPSA) is 38.3 Å². The summed E-state index contributed by atoms with van der Waals surface area (Å²) in [5, 5.41) is 3.51. The number of halogens is 1.